The molecule has 0 saturated carbocycles. The van der Waals surface area contributed by atoms with E-state index in [-0.39, 0.29) is 17.0 Å². The SMILES string of the molecule is O=C(Nc1ccccc1O)C(c1ccccc1)S(=O)(=O)O. The summed E-state index contributed by atoms with van der Waals surface area (Å²) >= 11 is 0. The van der Waals surface area contributed by atoms with E-state index in [1.54, 1.807) is 30.3 Å². The second-order valence-electron chi connectivity index (χ2n) is 4.31. The molecule has 0 aliphatic heterocycles. The Morgan fingerprint density at radius 2 is 1.57 bits per heavy atom. The summed E-state index contributed by atoms with van der Waals surface area (Å²) in [4.78, 5) is 12.2. The van der Waals surface area contributed by atoms with E-state index in [0.29, 0.717) is 0 Å². The maximum atomic E-state index is 12.2. The summed E-state index contributed by atoms with van der Waals surface area (Å²) in [5, 5.41) is 10.1. The fourth-order valence-corrected chi connectivity index (χ4v) is 2.69. The largest absolute Gasteiger partial charge is 0.506 e. The van der Waals surface area contributed by atoms with E-state index in [9.17, 15) is 22.9 Å². The minimum atomic E-state index is -4.64. The molecule has 2 rings (SSSR count). The summed E-state index contributed by atoms with van der Waals surface area (Å²) in [6.07, 6.45) is 0. The van der Waals surface area contributed by atoms with E-state index in [0.717, 1.165) is 0 Å². The first-order valence-corrected chi connectivity index (χ1v) is 7.50. The second kappa shape index (κ2) is 5.94. The Kier molecular flexibility index (Phi) is 4.25. The van der Waals surface area contributed by atoms with E-state index in [1.165, 1.54) is 24.3 Å². The van der Waals surface area contributed by atoms with Crippen molar-refractivity contribution in [2.24, 2.45) is 0 Å². The normalized spacial score (nSPS) is 12.6. The van der Waals surface area contributed by atoms with Crippen molar-refractivity contribution < 1.29 is 22.9 Å². The first kappa shape index (κ1) is 15.0. The van der Waals surface area contributed by atoms with Gasteiger partial charge in [-0.15, -0.1) is 0 Å². The van der Waals surface area contributed by atoms with Gasteiger partial charge in [-0.3, -0.25) is 9.35 Å². The highest BCUT2D eigenvalue weighted by molar-refractivity contribution is 7.86. The van der Waals surface area contributed by atoms with Gasteiger partial charge in [-0.25, -0.2) is 0 Å². The first-order chi connectivity index (χ1) is 9.89. The van der Waals surface area contributed by atoms with Crippen LogP contribution in [0.5, 0.6) is 5.75 Å². The molecule has 0 bridgehead atoms. The predicted molar refractivity (Wildman–Crippen MR) is 77.5 cm³/mol. The number of anilines is 1. The molecule has 7 heteroatoms. The summed E-state index contributed by atoms with van der Waals surface area (Å²) in [6.45, 7) is 0. The Morgan fingerprint density at radius 1 is 1.00 bits per heavy atom. The summed E-state index contributed by atoms with van der Waals surface area (Å²) in [5.74, 6) is -1.15. The van der Waals surface area contributed by atoms with Gasteiger partial charge < -0.3 is 10.4 Å². The van der Waals surface area contributed by atoms with Crippen molar-refractivity contribution >= 4 is 21.7 Å². The standard InChI is InChI=1S/C14H13NO5S/c16-12-9-5-4-8-11(12)15-14(17)13(21(18,19)20)10-6-2-1-3-7-10/h1-9,13,16H,(H,15,17)(H,18,19,20). The smallest absolute Gasteiger partial charge is 0.281 e. The van der Waals surface area contributed by atoms with E-state index in [2.05, 4.69) is 5.32 Å². The molecule has 1 atom stereocenters. The van der Waals surface area contributed by atoms with Crippen LogP contribution < -0.4 is 5.32 Å². The molecule has 1 unspecified atom stereocenters. The molecule has 3 N–H and O–H groups in total. The van der Waals surface area contributed by atoms with Crippen molar-refractivity contribution in [2.75, 3.05) is 5.32 Å². The molecule has 0 aromatic heterocycles. The predicted octanol–water partition coefficient (Wildman–Crippen LogP) is 1.96. The van der Waals surface area contributed by atoms with Crippen LogP contribution in [-0.2, 0) is 14.9 Å². The van der Waals surface area contributed by atoms with Gasteiger partial charge in [0.1, 0.15) is 5.75 Å². The van der Waals surface area contributed by atoms with Crippen LogP contribution in [0.15, 0.2) is 54.6 Å². The Hall–Kier alpha value is -2.38. The summed E-state index contributed by atoms with van der Waals surface area (Å²) < 4.78 is 32.3. The summed E-state index contributed by atoms with van der Waals surface area (Å²) in [6, 6.07) is 13.5. The third-order valence-corrected chi connectivity index (χ3v) is 3.88. The van der Waals surface area contributed by atoms with E-state index >= 15 is 0 Å². The molecule has 0 aliphatic carbocycles. The van der Waals surface area contributed by atoms with Crippen LogP contribution in [-0.4, -0.2) is 24.0 Å². The molecule has 2 aromatic carbocycles. The van der Waals surface area contributed by atoms with Gasteiger partial charge in [-0.2, -0.15) is 8.42 Å². The third kappa shape index (κ3) is 3.59. The molecule has 0 aliphatic rings. The molecule has 21 heavy (non-hydrogen) atoms. The number of aromatic hydroxyl groups is 1. The zero-order valence-electron chi connectivity index (χ0n) is 10.8. The van der Waals surface area contributed by atoms with Crippen LogP contribution in [0.4, 0.5) is 5.69 Å². The van der Waals surface area contributed by atoms with Gasteiger partial charge in [0.15, 0.2) is 5.25 Å². The van der Waals surface area contributed by atoms with Gasteiger partial charge in [0.25, 0.3) is 10.1 Å². The van der Waals surface area contributed by atoms with E-state index in [1.807, 2.05) is 0 Å². The maximum Gasteiger partial charge on any atom is 0.281 e. The molecule has 0 fully saturated rings. The van der Waals surface area contributed by atoms with Crippen molar-refractivity contribution in [3.8, 4) is 5.75 Å². The number of phenolic OH excluding ortho intramolecular Hbond substituents is 1. The Balaban J connectivity index is 2.35. The van der Waals surface area contributed by atoms with Gasteiger partial charge >= 0.3 is 0 Å². The van der Waals surface area contributed by atoms with E-state index < -0.39 is 21.3 Å². The lowest BCUT2D eigenvalue weighted by atomic mass is 10.1. The summed E-state index contributed by atoms with van der Waals surface area (Å²) in [7, 11) is -4.64. The number of hydrogen-bond donors (Lipinski definition) is 3. The maximum absolute atomic E-state index is 12.2. The average Bonchev–Trinajstić information content (AvgIpc) is 2.41. The average molecular weight is 307 g/mol. The lowest BCUT2D eigenvalue weighted by molar-refractivity contribution is -0.116. The van der Waals surface area contributed by atoms with Gasteiger partial charge in [-0.05, 0) is 17.7 Å². The number of phenols is 1. The van der Waals surface area contributed by atoms with Gasteiger partial charge in [0.05, 0.1) is 5.69 Å². The summed E-state index contributed by atoms with van der Waals surface area (Å²) in [5.41, 5.74) is 0.194. The third-order valence-electron chi connectivity index (χ3n) is 2.80. The van der Waals surface area contributed by atoms with Crippen LogP contribution in [0.25, 0.3) is 0 Å². The number of amides is 1. The highest BCUT2D eigenvalue weighted by Crippen LogP contribution is 2.26. The quantitative estimate of drug-likeness (QED) is 0.591. The van der Waals surface area contributed by atoms with Crippen molar-refractivity contribution in [3.05, 3.63) is 60.2 Å². The number of hydrogen-bond acceptors (Lipinski definition) is 4. The topological polar surface area (TPSA) is 104 Å². The monoisotopic (exact) mass is 307 g/mol. The van der Waals surface area contributed by atoms with Crippen molar-refractivity contribution in [1.82, 2.24) is 0 Å². The number of carbonyl (C=O) groups excluding carboxylic acids is 1. The number of para-hydroxylation sites is 2. The fourth-order valence-electron chi connectivity index (χ4n) is 1.86. The van der Waals surface area contributed by atoms with Gasteiger partial charge in [-0.1, -0.05) is 42.5 Å². The fraction of sp³-hybridized carbons (Fsp3) is 0.0714. The number of carbonyl (C=O) groups is 1. The number of nitrogens with one attached hydrogen (secondary N) is 1. The molecule has 6 nitrogen and oxygen atoms in total. The van der Waals surface area contributed by atoms with Crippen LogP contribution in [0, 0.1) is 0 Å². The zero-order valence-corrected chi connectivity index (χ0v) is 11.6. The van der Waals surface area contributed by atoms with Gasteiger partial charge in [0, 0.05) is 0 Å². The van der Waals surface area contributed by atoms with Gasteiger partial charge in [0.2, 0.25) is 5.91 Å². The van der Waals surface area contributed by atoms with Crippen molar-refractivity contribution in [2.45, 2.75) is 5.25 Å². The Labute approximate surface area is 121 Å². The molecule has 0 spiro atoms. The minimum Gasteiger partial charge on any atom is -0.506 e. The molecule has 0 saturated heterocycles. The van der Waals surface area contributed by atoms with Crippen molar-refractivity contribution in [3.63, 3.8) is 0 Å². The highest BCUT2D eigenvalue weighted by Gasteiger charge is 2.33. The second-order valence-corrected chi connectivity index (χ2v) is 5.81. The number of rotatable bonds is 4. The molecule has 0 heterocycles. The molecular formula is C14H13NO5S. The van der Waals surface area contributed by atoms with E-state index in [4.69, 9.17) is 0 Å². The molecule has 1 amide bonds. The highest BCUT2D eigenvalue weighted by atomic mass is 32.2. The Morgan fingerprint density at radius 3 is 2.14 bits per heavy atom. The van der Waals surface area contributed by atoms with Crippen LogP contribution >= 0.6 is 0 Å². The molecule has 0 radical (unpaired) electrons. The Bertz CT molecular complexity index is 743. The number of benzene rings is 2. The molecule has 2 aromatic rings. The molecule has 110 valence electrons. The molecular weight excluding hydrogens is 294 g/mol. The first-order valence-electron chi connectivity index (χ1n) is 5.99. The minimum absolute atomic E-state index is 0.0621. The lowest BCUT2D eigenvalue weighted by Gasteiger charge is -2.15. The van der Waals surface area contributed by atoms with Crippen LogP contribution in [0.2, 0.25) is 0 Å². The lowest BCUT2D eigenvalue weighted by Crippen LogP contribution is -2.27. The van der Waals surface area contributed by atoms with Crippen LogP contribution in [0.1, 0.15) is 10.8 Å². The van der Waals surface area contributed by atoms with Crippen LogP contribution in [0.3, 0.4) is 0 Å². The zero-order chi connectivity index (χ0) is 15.5. The van der Waals surface area contributed by atoms with Crippen molar-refractivity contribution in [1.29, 1.82) is 0 Å².